The molecule has 2 heterocycles. The molecule has 0 aromatic rings. The molecule has 7 heteroatoms. The number of carbonyl (C=O) groups is 2. The number of hydrogen-bond acceptors (Lipinski definition) is 5. The van der Waals surface area contributed by atoms with E-state index in [4.69, 9.17) is 4.74 Å². The lowest BCUT2D eigenvalue weighted by atomic mass is 10.1. The smallest absolute Gasteiger partial charge is 0.243 e. The van der Waals surface area contributed by atoms with Crippen LogP contribution in [-0.2, 0) is 14.3 Å². The predicted octanol–water partition coefficient (Wildman–Crippen LogP) is 0.395. The van der Waals surface area contributed by atoms with Gasteiger partial charge >= 0.3 is 0 Å². The number of nitrogens with zero attached hydrogens (tertiary/aromatic N) is 2. The Morgan fingerprint density at radius 1 is 0.808 bits per heavy atom. The molecule has 0 atom stereocenters. The van der Waals surface area contributed by atoms with Crippen molar-refractivity contribution in [2.75, 3.05) is 65.6 Å². The van der Waals surface area contributed by atoms with Gasteiger partial charge in [-0.25, -0.2) is 0 Å². The van der Waals surface area contributed by atoms with Crippen LogP contribution in [0.5, 0.6) is 0 Å². The molecule has 0 aliphatic carbocycles. The largest absolute Gasteiger partial charge is 0.379 e. The van der Waals surface area contributed by atoms with Crippen molar-refractivity contribution in [3.05, 3.63) is 25.3 Å². The van der Waals surface area contributed by atoms with Crippen LogP contribution >= 0.6 is 0 Å². The Hall–Kier alpha value is -1.70. The van der Waals surface area contributed by atoms with Crippen molar-refractivity contribution in [2.45, 2.75) is 19.3 Å². The van der Waals surface area contributed by atoms with Gasteiger partial charge in [-0.3, -0.25) is 14.5 Å². The first-order chi connectivity index (χ1) is 12.7. The monoisotopic (exact) mass is 366 g/mol. The fraction of sp³-hybridized carbons (Fsp3) is 0.684. The normalized spacial score (nSPS) is 18.2. The molecular formula is C19H34N4O3. The highest BCUT2D eigenvalue weighted by molar-refractivity contribution is 5.87. The molecule has 0 spiro atoms. The van der Waals surface area contributed by atoms with Crippen molar-refractivity contribution in [2.24, 2.45) is 0 Å². The Bertz CT molecular complexity index is 391. The number of piperidine rings is 1. The van der Waals surface area contributed by atoms with Crippen LogP contribution in [0.4, 0.5) is 0 Å². The second-order valence-corrected chi connectivity index (χ2v) is 6.35. The Morgan fingerprint density at radius 2 is 1.27 bits per heavy atom. The number of ether oxygens (including phenoxy) is 1. The molecule has 2 fully saturated rings. The first kappa shape index (κ1) is 22.3. The van der Waals surface area contributed by atoms with E-state index >= 15 is 0 Å². The van der Waals surface area contributed by atoms with Gasteiger partial charge in [0.15, 0.2) is 0 Å². The molecule has 0 saturated carbocycles. The number of morpholine rings is 1. The lowest BCUT2D eigenvalue weighted by Gasteiger charge is -2.26. The summed E-state index contributed by atoms with van der Waals surface area (Å²) in [6, 6.07) is 0. The Morgan fingerprint density at radius 3 is 1.73 bits per heavy atom. The molecule has 26 heavy (non-hydrogen) atoms. The van der Waals surface area contributed by atoms with Crippen molar-refractivity contribution in [3.63, 3.8) is 0 Å². The van der Waals surface area contributed by atoms with Crippen molar-refractivity contribution >= 4 is 11.8 Å². The van der Waals surface area contributed by atoms with Crippen molar-refractivity contribution < 1.29 is 14.3 Å². The van der Waals surface area contributed by atoms with Crippen molar-refractivity contribution in [3.8, 4) is 0 Å². The van der Waals surface area contributed by atoms with Gasteiger partial charge in [-0.2, -0.15) is 0 Å². The van der Waals surface area contributed by atoms with Crippen molar-refractivity contribution in [1.82, 2.24) is 20.4 Å². The number of carbonyl (C=O) groups excluding carboxylic acids is 2. The summed E-state index contributed by atoms with van der Waals surface area (Å²) in [5.41, 5.74) is 0. The van der Waals surface area contributed by atoms with Crippen LogP contribution < -0.4 is 10.6 Å². The van der Waals surface area contributed by atoms with Gasteiger partial charge in [0.25, 0.3) is 0 Å². The van der Waals surface area contributed by atoms with E-state index in [1.807, 2.05) is 0 Å². The number of hydrogen-bond donors (Lipinski definition) is 2. The van der Waals surface area contributed by atoms with E-state index in [0.29, 0.717) is 6.54 Å². The Labute approximate surface area is 157 Å². The summed E-state index contributed by atoms with van der Waals surface area (Å²) in [6.45, 7) is 16.0. The molecule has 0 aromatic carbocycles. The van der Waals surface area contributed by atoms with E-state index < -0.39 is 0 Å². The second kappa shape index (κ2) is 14.5. The maximum absolute atomic E-state index is 10.8. The maximum Gasteiger partial charge on any atom is 0.243 e. The molecule has 0 unspecified atom stereocenters. The zero-order valence-electron chi connectivity index (χ0n) is 15.9. The molecule has 2 amide bonds. The molecule has 2 rings (SSSR count). The van der Waals surface area contributed by atoms with Crippen LogP contribution in [0.3, 0.4) is 0 Å². The summed E-state index contributed by atoms with van der Waals surface area (Å²) in [7, 11) is 0. The van der Waals surface area contributed by atoms with Gasteiger partial charge in [-0.15, -0.1) is 0 Å². The maximum atomic E-state index is 10.8. The summed E-state index contributed by atoms with van der Waals surface area (Å²) in [5.74, 6) is -0.176. The van der Waals surface area contributed by atoms with Gasteiger partial charge in [0.2, 0.25) is 11.8 Å². The predicted molar refractivity (Wildman–Crippen MR) is 104 cm³/mol. The summed E-state index contributed by atoms with van der Waals surface area (Å²) < 4.78 is 5.20. The summed E-state index contributed by atoms with van der Waals surface area (Å²) in [6.07, 6.45) is 6.57. The molecule has 7 nitrogen and oxygen atoms in total. The lowest BCUT2D eigenvalue weighted by Crippen LogP contribution is -2.41. The standard InChI is InChI=1S/C10H18N2O.C9H16N2O2/c1-2-10(13)11-6-9-12-7-4-3-5-8-12;1-2-9(12)10-3-4-11-5-7-13-8-6-11/h2H,1,3-9H2,(H,11,13);2H,1,3-8H2,(H,10,12). The lowest BCUT2D eigenvalue weighted by molar-refractivity contribution is -0.117. The molecule has 148 valence electrons. The SMILES string of the molecule is C=CC(=O)NCCN1CCCCC1.C=CC(=O)NCCN1CCOCC1. The van der Waals surface area contributed by atoms with Crippen LogP contribution in [0.1, 0.15) is 19.3 Å². The zero-order valence-corrected chi connectivity index (χ0v) is 15.9. The molecule has 0 aromatic heterocycles. The molecule has 2 aliphatic rings. The molecule has 2 N–H and O–H groups in total. The summed E-state index contributed by atoms with van der Waals surface area (Å²) in [4.78, 5) is 26.3. The van der Waals surface area contributed by atoms with E-state index in [1.54, 1.807) is 0 Å². The quantitative estimate of drug-likeness (QED) is 0.608. The highest BCUT2D eigenvalue weighted by Gasteiger charge is 2.09. The van der Waals surface area contributed by atoms with E-state index in [9.17, 15) is 9.59 Å². The Balaban J connectivity index is 0.000000260. The van der Waals surface area contributed by atoms with Gasteiger partial charge in [-0.05, 0) is 38.1 Å². The fourth-order valence-corrected chi connectivity index (χ4v) is 2.83. The number of likely N-dealkylation sites (tertiary alicyclic amines) is 1. The summed E-state index contributed by atoms with van der Waals surface area (Å²) in [5, 5.41) is 5.52. The van der Waals surface area contributed by atoms with E-state index in [2.05, 4.69) is 33.6 Å². The van der Waals surface area contributed by atoms with Crippen LogP contribution in [0.25, 0.3) is 0 Å². The first-order valence-corrected chi connectivity index (χ1v) is 9.48. The third-order valence-electron chi connectivity index (χ3n) is 4.38. The minimum atomic E-state index is -0.103. The van der Waals surface area contributed by atoms with E-state index in [0.717, 1.165) is 45.9 Å². The average molecular weight is 367 g/mol. The zero-order chi connectivity index (χ0) is 19.0. The highest BCUT2D eigenvalue weighted by atomic mass is 16.5. The highest BCUT2D eigenvalue weighted by Crippen LogP contribution is 2.07. The summed E-state index contributed by atoms with van der Waals surface area (Å²) >= 11 is 0. The average Bonchev–Trinajstić information content (AvgIpc) is 2.70. The molecule has 2 saturated heterocycles. The number of nitrogens with one attached hydrogen (secondary N) is 2. The number of amides is 2. The van der Waals surface area contributed by atoms with E-state index in [-0.39, 0.29) is 11.8 Å². The van der Waals surface area contributed by atoms with Gasteiger partial charge < -0.3 is 20.3 Å². The first-order valence-electron chi connectivity index (χ1n) is 9.48. The van der Waals surface area contributed by atoms with Crippen molar-refractivity contribution in [1.29, 1.82) is 0 Å². The Kier molecular flexibility index (Phi) is 12.4. The topological polar surface area (TPSA) is 73.9 Å². The third-order valence-corrected chi connectivity index (χ3v) is 4.38. The molecule has 0 bridgehead atoms. The van der Waals surface area contributed by atoms with Crippen LogP contribution in [0, 0.1) is 0 Å². The van der Waals surface area contributed by atoms with Gasteiger partial charge in [0, 0.05) is 39.3 Å². The number of rotatable bonds is 8. The molecular weight excluding hydrogens is 332 g/mol. The van der Waals surface area contributed by atoms with Gasteiger partial charge in [-0.1, -0.05) is 19.6 Å². The minimum Gasteiger partial charge on any atom is -0.379 e. The second-order valence-electron chi connectivity index (χ2n) is 6.35. The molecule has 2 aliphatic heterocycles. The minimum absolute atomic E-state index is 0.0722. The van der Waals surface area contributed by atoms with Crippen LogP contribution in [0.2, 0.25) is 0 Å². The fourth-order valence-electron chi connectivity index (χ4n) is 2.83. The molecule has 0 radical (unpaired) electrons. The van der Waals surface area contributed by atoms with Crippen LogP contribution in [0.15, 0.2) is 25.3 Å². The van der Waals surface area contributed by atoms with Gasteiger partial charge in [0.05, 0.1) is 13.2 Å². The van der Waals surface area contributed by atoms with Crippen LogP contribution in [-0.4, -0.2) is 87.2 Å². The van der Waals surface area contributed by atoms with E-state index in [1.165, 1.54) is 44.5 Å². The van der Waals surface area contributed by atoms with Gasteiger partial charge in [0.1, 0.15) is 0 Å². The third kappa shape index (κ3) is 11.0.